The van der Waals surface area contributed by atoms with Gasteiger partial charge in [0.2, 0.25) is 47.3 Å². The topological polar surface area (TPSA) is 346 Å². The quantitative estimate of drug-likeness (QED) is 0.0512. The molecule has 1 fully saturated rings. The Labute approximate surface area is 365 Å². The minimum atomic E-state index is -1.66. The number of nitrogens with two attached hydrogens (primary N) is 2. The first-order chi connectivity index (χ1) is 29.7. The molecule has 0 unspecified atom stereocenters. The van der Waals surface area contributed by atoms with Gasteiger partial charge in [-0.1, -0.05) is 52.3 Å². The van der Waals surface area contributed by atoms with E-state index in [9.17, 15) is 53.4 Å². The number of aromatic amines is 1. The maximum atomic E-state index is 14.1. The Bertz CT molecular complexity index is 1950. The summed E-state index contributed by atoms with van der Waals surface area (Å²) >= 11 is 0. The summed E-state index contributed by atoms with van der Waals surface area (Å²) in [6, 6.07) is -1.79. The first-order valence-electron chi connectivity index (χ1n) is 21.3. The first-order valence-corrected chi connectivity index (χ1v) is 21.3. The summed E-state index contributed by atoms with van der Waals surface area (Å²) in [6.45, 7) is 8.84. The van der Waals surface area contributed by atoms with Crippen molar-refractivity contribution in [3.05, 3.63) is 36.0 Å². The first kappa shape index (κ1) is 51.3. The highest BCUT2D eigenvalue weighted by atomic mass is 16.4. The molecule has 3 rings (SSSR count). The number of carboxylic acid groups (broad SMARTS) is 1. The number of aromatic nitrogens is 1. The van der Waals surface area contributed by atoms with Gasteiger partial charge in [-0.3, -0.25) is 38.4 Å². The highest BCUT2D eigenvalue weighted by Crippen LogP contribution is 2.20. The van der Waals surface area contributed by atoms with E-state index in [1.807, 2.05) is 0 Å². The minimum absolute atomic E-state index is 0.0240. The number of aliphatic hydroxyl groups excluding tert-OH is 1. The SMILES string of the molecule is CC[C@H](C)[C@H](NC(=O)[C@H](CCC(N)=O)NC(=O)[C@@H]1CCCN1)C(=O)N[C@H](C(=O)N[C@@H](CC(C)C)C(=O)N[C@@H](Cc1c[nH]c2ccccc12)C(=O)N[C@@H](CCC(N)=O)C(=O)O)[C@@H](C)O. The Morgan fingerprint density at radius 1 is 0.730 bits per heavy atom. The van der Waals surface area contributed by atoms with Crippen LogP contribution in [0, 0.1) is 11.8 Å². The molecule has 1 aromatic carbocycles. The zero-order valence-corrected chi connectivity index (χ0v) is 36.5. The lowest BCUT2D eigenvalue weighted by Crippen LogP contribution is -2.62. The molecule has 1 aliphatic rings. The van der Waals surface area contributed by atoms with Gasteiger partial charge in [-0.25, -0.2) is 4.79 Å². The van der Waals surface area contributed by atoms with Gasteiger partial charge in [0.15, 0.2) is 0 Å². The van der Waals surface area contributed by atoms with E-state index in [0.717, 1.165) is 17.3 Å². The number of H-pyrrole nitrogens is 1. The van der Waals surface area contributed by atoms with Crippen molar-refractivity contribution in [3.8, 4) is 0 Å². The van der Waals surface area contributed by atoms with Crippen LogP contribution in [0.1, 0.15) is 91.5 Å². The second-order valence-corrected chi connectivity index (χ2v) is 16.5. The molecule has 2 aromatic rings. The Hall–Kier alpha value is -6.09. The number of fused-ring (bicyclic) bond motifs is 1. The lowest BCUT2D eigenvalue weighted by Gasteiger charge is -2.30. The van der Waals surface area contributed by atoms with Gasteiger partial charge >= 0.3 is 5.97 Å². The molecule has 0 spiro atoms. The molecule has 0 saturated carbocycles. The van der Waals surface area contributed by atoms with Crippen LogP contribution in [-0.2, 0) is 49.6 Å². The van der Waals surface area contributed by atoms with E-state index < -0.39 is 108 Å². The summed E-state index contributed by atoms with van der Waals surface area (Å²) in [5, 5.41) is 39.7. The number of primary amides is 2. The maximum Gasteiger partial charge on any atom is 0.326 e. The lowest BCUT2D eigenvalue weighted by molar-refractivity contribution is -0.142. The molecule has 21 heteroatoms. The largest absolute Gasteiger partial charge is 0.480 e. The molecule has 1 aromatic heterocycles. The van der Waals surface area contributed by atoms with E-state index in [2.05, 4.69) is 42.2 Å². The van der Waals surface area contributed by atoms with Crippen LogP contribution in [-0.4, -0.2) is 123 Å². The van der Waals surface area contributed by atoms with Crippen LogP contribution in [0.5, 0.6) is 0 Å². The van der Waals surface area contributed by atoms with E-state index >= 15 is 0 Å². The molecule has 8 amide bonds. The maximum absolute atomic E-state index is 14.1. The van der Waals surface area contributed by atoms with Gasteiger partial charge in [-0.05, 0) is 69.0 Å². The van der Waals surface area contributed by atoms with Gasteiger partial charge in [-0.15, -0.1) is 0 Å². The van der Waals surface area contributed by atoms with E-state index in [-0.39, 0.29) is 44.4 Å². The van der Waals surface area contributed by atoms with Crippen molar-refractivity contribution >= 4 is 64.1 Å². The Balaban J connectivity index is 1.85. The number of aliphatic carboxylic acids is 1. The highest BCUT2D eigenvalue weighted by molar-refractivity contribution is 5.98. The number of aliphatic hydroxyl groups is 1. The second-order valence-electron chi connectivity index (χ2n) is 16.5. The second kappa shape index (κ2) is 24.5. The van der Waals surface area contributed by atoms with Crippen LogP contribution < -0.4 is 48.7 Å². The molecule has 1 aliphatic heterocycles. The fraction of sp³-hybridized carbons (Fsp3) is 0.595. The summed E-state index contributed by atoms with van der Waals surface area (Å²) in [6.07, 6.45) is 0.665. The van der Waals surface area contributed by atoms with Crippen molar-refractivity contribution < 1.29 is 53.4 Å². The summed E-state index contributed by atoms with van der Waals surface area (Å²) in [4.78, 5) is 120. The summed E-state index contributed by atoms with van der Waals surface area (Å²) < 4.78 is 0. The third-order valence-electron chi connectivity index (χ3n) is 10.9. The predicted molar refractivity (Wildman–Crippen MR) is 230 cm³/mol. The lowest BCUT2D eigenvalue weighted by atomic mass is 9.96. The number of para-hydroxylation sites is 1. The van der Waals surface area contributed by atoms with Crippen molar-refractivity contribution in [1.82, 2.24) is 42.2 Å². The van der Waals surface area contributed by atoms with E-state index in [0.29, 0.717) is 24.9 Å². The number of nitrogens with one attached hydrogen (secondary N) is 8. The molecule has 9 atom stereocenters. The molecule has 21 nitrogen and oxygen atoms in total. The number of carboxylic acids is 1. The third-order valence-corrected chi connectivity index (χ3v) is 10.9. The van der Waals surface area contributed by atoms with Crippen LogP contribution in [0.25, 0.3) is 10.9 Å². The molecule has 0 aliphatic carbocycles. The van der Waals surface area contributed by atoms with Crippen molar-refractivity contribution in [3.63, 3.8) is 0 Å². The molecule has 0 radical (unpaired) electrons. The van der Waals surface area contributed by atoms with Crippen LogP contribution in [0.3, 0.4) is 0 Å². The summed E-state index contributed by atoms with van der Waals surface area (Å²) in [5.74, 6) is -8.45. The van der Waals surface area contributed by atoms with E-state index in [1.165, 1.54) is 6.92 Å². The average Bonchev–Trinajstić information content (AvgIpc) is 3.91. The summed E-state index contributed by atoms with van der Waals surface area (Å²) in [7, 11) is 0. The van der Waals surface area contributed by atoms with Crippen LogP contribution >= 0.6 is 0 Å². The predicted octanol–water partition coefficient (Wildman–Crippen LogP) is -1.54. The van der Waals surface area contributed by atoms with Gasteiger partial charge in [-0.2, -0.15) is 0 Å². The summed E-state index contributed by atoms with van der Waals surface area (Å²) in [5.41, 5.74) is 11.9. The van der Waals surface area contributed by atoms with Crippen LogP contribution in [0.15, 0.2) is 30.5 Å². The van der Waals surface area contributed by atoms with Gasteiger partial charge in [0.1, 0.15) is 36.3 Å². The fourth-order valence-corrected chi connectivity index (χ4v) is 7.12. The Morgan fingerprint density at radius 2 is 1.29 bits per heavy atom. The van der Waals surface area contributed by atoms with Crippen molar-refractivity contribution in [2.45, 2.75) is 141 Å². The van der Waals surface area contributed by atoms with Crippen molar-refractivity contribution in [2.24, 2.45) is 23.3 Å². The average molecular weight is 885 g/mol. The van der Waals surface area contributed by atoms with Crippen molar-refractivity contribution in [1.29, 1.82) is 0 Å². The number of rotatable bonds is 26. The molecule has 63 heavy (non-hydrogen) atoms. The highest BCUT2D eigenvalue weighted by Gasteiger charge is 2.37. The number of hydrogen-bond acceptors (Lipinski definition) is 11. The molecular formula is C42H64N10O11. The Kier molecular flexibility index (Phi) is 20.0. The fourth-order valence-electron chi connectivity index (χ4n) is 7.12. The zero-order valence-electron chi connectivity index (χ0n) is 36.5. The minimum Gasteiger partial charge on any atom is -0.480 e. The van der Waals surface area contributed by atoms with E-state index in [1.54, 1.807) is 58.2 Å². The number of hydrogen-bond donors (Lipinski definition) is 12. The normalized spacial score (nSPS) is 17.5. The number of benzene rings is 1. The van der Waals surface area contributed by atoms with Crippen LogP contribution in [0.4, 0.5) is 0 Å². The van der Waals surface area contributed by atoms with Crippen LogP contribution in [0.2, 0.25) is 0 Å². The molecule has 14 N–H and O–H groups in total. The number of carbonyl (C=O) groups is 9. The monoisotopic (exact) mass is 884 g/mol. The molecule has 2 heterocycles. The van der Waals surface area contributed by atoms with Gasteiger partial charge < -0.3 is 63.9 Å². The zero-order chi connectivity index (χ0) is 47.0. The molecule has 1 saturated heterocycles. The number of carbonyl (C=O) groups excluding carboxylic acids is 8. The van der Waals surface area contributed by atoms with Gasteiger partial charge in [0.05, 0.1) is 12.1 Å². The smallest absolute Gasteiger partial charge is 0.326 e. The standard InChI is InChI=1S/C42H64N10O11/c1-6-22(4)34(51-37(57)28(13-15-32(43)54)47-36(56)27-12-9-17-45-27)40(60)52-35(23(5)53)41(61)50-30(18-21(2)3)38(58)49-31(19-24-20-46-26-11-8-7-10-25(24)26)39(59)48-29(42(62)63)14-16-33(44)55/h7-8,10-11,20-23,27-31,34-35,45-46,53H,6,9,12-19H2,1-5H3,(H2,43,54)(H2,44,55)(H,47,56)(H,48,59)(H,49,58)(H,50,61)(H,51,57)(H,52,60)(H,62,63)/t22-,23+,27-,28-,29-,30-,31-,34-,35-/m0/s1. The molecular weight excluding hydrogens is 821 g/mol. The molecule has 0 bridgehead atoms. The Morgan fingerprint density at radius 3 is 1.86 bits per heavy atom. The molecule has 348 valence electrons. The number of amides is 8. The van der Waals surface area contributed by atoms with Gasteiger partial charge in [0.25, 0.3) is 0 Å². The van der Waals surface area contributed by atoms with Crippen molar-refractivity contribution in [2.75, 3.05) is 6.54 Å². The third kappa shape index (κ3) is 16.0. The van der Waals surface area contributed by atoms with E-state index in [4.69, 9.17) is 11.5 Å². The van der Waals surface area contributed by atoms with Gasteiger partial charge in [0, 0.05) is 36.4 Å².